The van der Waals surface area contributed by atoms with Crippen molar-refractivity contribution in [2.24, 2.45) is 5.41 Å². The van der Waals surface area contributed by atoms with Gasteiger partial charge in [-0.1, -0.05) is 49.8 Å². The van der Waals surface area contributed by atoms with Gasteiger partial charge in [0.2, 0.25) is 0 Å². The van der Waals surface area contributed by atoms with Crippen molar-refractivity contribution in [2.75, 3.05) is 6.61 Å². The molecule has 1 aromatic rings. The van der Waals surface area contributed by atoms with Gasteiger partial charge in [-0.15, -0.1) is 6.58 Å². The Morgan fingerprint density at radius 2 is 1.85 bits per heavy atom. The molecule has 2 aliphatic rings. The van der Waals surface area contributed by atoms with Crippen LogP contribution >= 0.6 is 0 Å². The molecule has 108 valence electrons. The number of hydrogen-bond acceptors (Lipinski definition) is 2. The maximum Gasteiger partial charge on any atom is 0.169 e. The van der Waals surface area contributed by atoms with Crippen molar-refractivity contribution in [3.8, 4) is 0 Å². The minimum atomic E-state index is -0.360. The van der Waals surface area contributed by atoms with Crippen molar-refractivity contribution in [2.45, 2.75) is 50.9 Å². The van der Waals surface area contributed by atoms with E-state index >= 15 is 0 Å². The molecule has 1 spiro atoms. The molecule has 20 heavy (non-hydrogen) atoms. The first kappa shape index (κ1) is 13.8. The quantitative estimate of drug-likeness (QED) is 0.731. The molecular formula is C18H24O2. The van der Waals surface area contributed by atoms with Crippen LogP contribution in [0, 0.1) is 5.41 Å². The molecule has 1 aliphatic heterocycles. The summed E-state index contributed by atoms with van der Waals surface area (Å²) in [4.78, 5) is 0. The summed E-state index contributed by atoms with van der Waals surface area (Å²) in [6.45, 7) is 6.87. The summed E-state index contributed by atoms with van der Waals surface area (Å²) in [5, 5.41) is 0. The number of hydrogen-bond donors (Lipinski definition) is 0. The van der Waals surface area contributed by atoms with Crippen LogP contribution in [0.15, 0.2) is 43.0 Å². The smallest absolute Gasteiger partial charge is 0.169 e. The minimum absolute atomic E-state index is 0.0352. The van der Waals surface area contributed by atoms with Gasteiger partial charge in [-0.3, -0.25) is 0 Å². The highest BCUT2D eigenvalue weighted by Crippen LogP contribution is 2.49. The highest BCUT2D eigenvalue weighted by atomic mass is 16.7. The molecule has 0 bridgehead atoms. The van der Waals surface area contributed by atoms with E-state index in [0.717, 1.165) is 12.8 Å². The predicted molar refractivity (Wildman–Crippen MR) is 80.3 cm³/mol. The van der Waals surface area contributed by atoms with Gasteiger partial charge in [-0.25, -0.2) is 0 Å². The second kappa shape index (κ2) is 5.34. The molecule has 0 N–H and O–H groups in total. The molecular weight excluding hydrogens is 248 g/mol. The average molecular weight is 272 g/mol. The van der Waals surface area contributed by atoms with E-state index in [9.17, 15) is 0 Å². The molecule has 2 atom stereocenters. The highest BCUT2D eigenvalue weighted by Gasteiger charge is 2.48. The zero-order chi connectivity index (χ0) is 14.1. The third-order valence-electron chi connectivity index (χ3n) is 4.76. The highest BCUT2D eigenvalue weighted by molar-refractivity contribution is 5.23. The molecule has 0 unspecified atom stereocenters. The molecule has 1 saturated heterocycles. The number of ether oxygens (including phenoxy) is 2. The lowest BCUT2D eigenvalue weighted by atomic mass is 9.79. The second-order valence-electron chi connectivity index (χ2n) is 6.38. The lowest BCUT2D eigenvalue weighted by Gasteiger charge is -2.50. The molecule has 1 saturated carbocycles. The van der Waals surface area contributed by atoms with Gasteiger partial charge in [0.1, 0.15) is 0 Å². The molecule has 1 aromatic carbocycles. The predicted octanol–water partition coefficient (Wildman–Crippen LogP) is 4.63. The van der Waals surface area contributed by atoms with Gasteiger partial charge in [-0.2, -0.15) is 0 Å². The number of rotatable bonds is 2. The van der Waals surface area contributed by atoms with E-state index in [4.69, 9.17) is 9.47 Å². The molecule has 3 rings (SSSR count). The van der Waals surface area contributed by atoms with E-state index < -0.39 is 0 Å². The second-order valence-corrected chi connectivity index (χ2v) is 6.38. The monoisotopic (exact) mass is 272 g/mol. The van der Waals surface area contributed by atoms with Crippen LogP contribution in [0.1, 0.15) is 50.7 Å². The van der Waals surface area contributed by atoms with Crippen molar-refractivity contribution in [3.63, 3.8) is 0 Å². The summed E-state index contributed by atoms with van der Waals surface area (Å²) in [7, 11) is 0. The minimum Gasteiger partial charge on any atom is -0.349 e. The topological polar surface area (TPSA) is 18.5 Å². The Morgan fingerprint density at radius 1 is 1.15 bits per heavy atom. The molecule has 1 aliphatic carbocycles. The summed E-state index contributed by atoms with van der Waals surface area (Å²) in [5.74, 6) is -0.360. The SMILES string of the molecule is C=C[C@@]1(C)COC2(CCCCC2)O[C@@H]1c1ccccc1. The fraction of sp³-hybridized carbons (Fsp3) is 0.556. The fourth-order valence-corrected chi connectivity index (χ4v) is 3.34. The van der Waals surface area contributed by atoms with Gasteiger partial charge in [-0.05, 0) is 18.4 Å². The van der Waals surface area contributed by atoms with E-state index in [1.807, 2.05) is 12.1 Å². The van der Waals surface area contributed by atoms with Crippen molar-refractivity contribution >= 4 is 0 Å². The summed E-state index contributed by atoms with van der Waals surface area (Å²) < 4.78 is 12.7. The molecule has 2 nitrogen and oxygen atoms in total. The molecule has 0 radical (unpaired) electrons. The maximum absolute atomic E-state index is 6.51. The molecule has 2 heteroatoms. The van der Waals surface area contributed by atoms with E-state index in [1.165, 1.54) is 24.8 Å². The Bertz CT molecular complexity index is 462. The summed E-state index contributed by atoms with van der Waals surface area (Å²) >= 11 is 0. The zero-order valence-electron chi connectivity index (χ0n) is 12.3. The van der Waals surface area contributed by atoms with Gasteiger partial charge < -0.3 is 9.47 Å². The fourth-order valence-electron chi connectivity index (χ4n) is 3.34. The van der Waals surface area contributed by atoms with Crippen LogP contribution in [-0.2, 0) is 9.47 Å². The van der Waals surface area contributed by atoms with E-state index in [0.29, 0.717) is 6.61 Å². The molecule has 2 fully saturated rings. The molecule has 0 aromatic heterocycles. The van der Waals surface area contributed by atoms with Gasteiger partial charge in [0.25, 0.3) is 0 Å². The van der Waals surface area contributed by atoms with Crippen molar-refractivity contribution in [1.82, 2.24) is 0 Å². The van der Waals surface area contributed by atoms with Crippen LogP contribution in [0.4, 0.5) is 0 Å². The van der Waals surface area contributed by atoms with Crippen LogP contribution in [0.3, 0.4) is 0 Å². The van der Waals surface area contributed by atoms with Crippen LogP contribution in [0.2, 0.25) is 0 Å². The summed E-state index contributed by atoms with van der Waals surface area (Å²) in [5.41, 5.74) is 1.06. The summed E-state index contributed by atoms with van der Waals surface area (Å²) in [6.07, 6.45) is 7.75. The first-order valence-corrected chi connectivity index (χ1v) is 7.68. The largest absolute Gasteiger partial charge is 0.349 e. The normalized spacial score (nSPS) is 33.0. The van der Waals surface area contributed by atoms with E-state index in [1.54, 1.807) is 0 Å². The van der Waals surface area contributed by atoms with Crippen LogP contribution in [0.5, 0.6) is 0 Å². The van der Waals surface area contributed by atoms with Crippen molar-refractivity contribution in [3.05, 3.63) is 48.6 Å². The molecule has 0 amide bonds. The first-order valence-electron chi connectivity index (χ1n) is 7.68. The van der Waals surface area contributed by atoms with Gasteiger partial charge in [0.15, 0.2) is 5.79 Å². The third kappa shape index (κ3) is 2.43. The van der Waals surface area contributed by atoms with Gasteiger partial charge >= 0.3 is 0 Å². The van der Waals surface area contributed by atoms with Gasteiger partial charge in [0.05, 0.1) is 12.7 Å². The summed E-state index contributed by atoms with van der Waals surface area (Å²) in [6, 6.07) is 10.5. The standard InChI is InChI=1S/C18H24O2/c1-3-17(2)14-19-18(12-8-5-9-13-18)20-16(17)15-10-6-4-7-11-15/h3-4,6-7,10-11,16H,1,5,8-9,12-14H2,2H3/t16-,17+/m1/s1. The average Bonchev–Trinajstić information content (AvgIpc) is 2.52. The van der Waals surface area contributed by atoms with E-state index in [2.05, 4.69) is 37.8 Å². The Labute approximate surface area is 121 Å². The Balaban J connectivity index is 1.91. The zero-order valence-corrected chi connectivity index (χ0v) is 12.3. The van der Waals surface area contributed by atoms with Crippen molar-refractivity contribution < 1.29 is 9.47 Å². The van der Waals surface area contributed by atoms with Crippen LogP contribution < -0.4 is 0 Å². The van der Waals surface area contributed by atoms with E-state index in [-0.39, 0.29) is 17.3 Å². The first-order chi connectivity index (χ1) is 9.68. The Hall–Kier alpha value is -1.12. The Kier molecular flexibility index (Phi) is 3.70. The third-order valence-corrected chi connectivity index (χ3v) is 4.76. The van der Waals surface area contributed by atoms with Crippen LogP contribution in [-0.4, -0.2) is 12.4 Å². The van der Waals surface area contributed by atoms with Gasteiger partial charge in [0, 0.05) is 18.3 Å². The lowest BCUT2D eigenvalue weighted by molar-refractivity contribution is -0.337. The number of benzene rings is 1. The Morgan fingerprint density at radius 3 is 2.50 bits per heavy atom. The lowest BCUT2D eigenvalue weighted by Crippen LogP contribution is -2.50. The molecule has 1 heterocycles. The van der Waals surface area contributed by atoms with Crippen LogP contribution in [0.25, 0.3) is 0 Å². The maximum atomic E-state index is 6.51. The van der Waals surface area contributed by atoms with Crippen molar-refractivity contribution in [1.29, 1.82) is 0 Å².